The molecular weight excluding hydrogens is 304 g/mol. The summed E-state index contributed by atoms with van der Waals surface area (Å²) in [5, 5.41) is 9.12. The molecule has 0 aromatic heterocycles. The SMILES string of the molecule is CN(CCc1ccccc1)S(=O)(=O)N[C@@H]1CCC[C@H]1C(=O)O. The van der Waals surface area contributed by atoms with Crippen LogP contribution in [-0.4, -0.2) is 43.4 Å². The molecule has 7 heteroatoms. The lowest BCUT2D eigenvalue weighted by Gasteiger charge is -2.23. The Morgan fingerprint density at radius 1 is 1.32 bits per heavy atom. The molecule has 22 heavy (non-hydrogen) atoms. The summed E-state index contributed by atoms with van der Waals surface area (Å²) in [4.78, 5) is 11.1. The Morgan fingerprint density at radius 3 is 2.64 bits per heavy atom. The Morgan fingerprint density at radius 2 is 2.00 bits per heavy atom. The smallest absolute Gasteiger partial charge is 0.308 e. The van der Waals surface area contributed by atoms with Crippen LogP contribution in [0.15, 0.2) is 30.3 Å². The van der Waals surface area contributed by atoms with Crippen LogP contribution in [0.25, 0.3) is 0 Å². The average Bonchev–Trinajstić information content (AvgIpc) is 2.93. The first-order valence-electron chi connectivity index (χ1n) is 7.40. The zero-order valence-corrected chi connectivity index (χ0v) is 13.4. The Labute approximate surface area is 131 Å². The molecule has 2 atom stereocenters. The van der Waals surface area contributed by atoms with Gasteiger partial charge in [0.15, 0.2) is 0 Å². The van der Waals surface area contributed by atoms with E-state index in [1.54, 1.807) is 0 Å². The normalized spacial score (nSPS) is 22.1. The van der Waals surface area contributed by atoms with E-state index in [1.807, 2.05) is 30.3 Å². The molecule has 2 rings (SSSR count). The van der Waals surface area contributed by atoms with Crippen LogP contribution in [0.3, 0.4) is 0 Å². The molecule has 0 amide bonds. The zero-order chi connectivity index (χ0) is 16.2. The first kappa shape index (κ1) is 16.9. The molecule has 0 saturated heterocycles. The number of nitrogens with zero attached hydrogens (tertiary/aromatic N) is 1. The molecule has 1 aliphatic rings. The largest absolute Gasteiger partial charge is 0.481 e. The Balaban J connectivity index is 1.93. The third kappa shape index (κ3) is 4.28. The van der Waals surface area contributed by atoms with Crippen LogP contribution in [0.4, 0.5) is 0 Å². The van der Waals surface area contributed by atoms with E-state index in [-0.39, 0.29) is 0 Å². The van der Waals surface area contributed by atoms with Crippen molar-refractivity contribution in [1.29, 1.82) is 0 Å². The maximum Gasteiger partial charge on any atom is 0.308 e. The van der Waals surface area contributed by atoms with Gasteiger partial charge in [-0.3, -0.25) is 4.79 Å². The second kappa shape index (κ2) is 7.21. The van der Waals surface area contributed by atoms with Gasteiger partial charge in [-0.05, 0) is 24.8 Å². The zero-order valence-electron chi connectivity index (χ0n) is 12.6. The lowest BCUT2D eigenvalue weighted by molar-refractivity contribution is -0.141. The third-order valence-corrected chi connectivity index (χ3v) is 5.71. The molecule has 0 aliphatic heterocycles. The van der Waals surface area contributed by atoms with Gasteiger partial charge < -0.3 is 5.11 Å². The van der Waals surface area contributed by atoms with E-state index in [9.17, 15) is 13.2 Å². The molecule has 0 spiro atoms. The molecule has 1 aromatic carbocycles. The second-order valence-corrected chi connectivity index (χ2v) is 7.47. The summed E-state index contributed by atoms with van der Waals surface area (Å²) in [6.45, 7) is 0.351. The summed E-state index contributed by atoms with van der Waals surface area (Å²) in [6, 6.07) is 9.13. The average molecular weight is 326 g/mol. The molecular formula is C15H22N2O4S. The third-order valence-electron chi connectivity index (χ3n) is 4.10. The van der Waals surface area contributed by atoms with Crippen molar-refractivity contribution in [3.8, 4) is 0 Å². The summed E-state index contributed by atoms with van der Waals surface area (Å²) in [6.07, 6.45) is 2.45. The van der Waals surface area contributed by atoms with Gasteiger partial charge in [0.05, 0.1) is 5.92 Å². The number of likely N-dealkylation sites (N-methyl/N-ethyl adjacent to an activating group) is 1. The number of rotatable bonds is 7. The monoisotopic (exact) mass is 326 g/mol. The van der Waals surface area contributed by atoms with Crippen molar-refractivity contribution in [2.24, 2.45) is 5.92 Å². The highest BCUT2D eigenvalue weighted by Crippen LogP contribution is 2.26. The highest BCUT2D eigenvalue weighted by molar-refractivity contribution is 7.87. The van der Waals surface area contributed by atoms with E-state index >= 15 is 0 Å². The van der Waals surface area contributed by atoms with Crippen LogP contribution in [-0.2, 0) is 21.4 Å². The fourth-order valence-corrected chi connectivity index (χ4v) is 3.91. The molecule has 0 unspecified atom stereocenters. The van der Waals surface area contributed by atoms with Crippen molar-refractivity contribution in [1.82, 2.24) is 9.03 Å². The fraction of sp³-hybridized carbons (Fsp3) is 0.533. The molecule has 0 heterocycles. The van der Waals surface area contributed by atoms with Gasteiger partial charge in [-0.1, -0.05) is 36.8 Å². The maximum absolute atomic E-state index is 12.3. The van der Waals surface area contributed by atoms with Crippen molar-refractivity contribution >= 4 is 16.2 Å². The standard InChI is InChI=1S/C15H22N2O4S/c1-17(11-10-12-6-3-2-4-7-12)22(20,21)16-14-9-5-8-13(14)15(18)19/h2-4,6-7,13-14,16H,5,8-11H2,1H3,(H,18,19)/t13-,14-/m1/s1. The summed E-state index contributed by atoms with van der Waals surface area (Å²) in [5.74, 6) is -1.56. The predicted octanol–water partition coefficient (Wildman–Crippen LogP) is 1.25. The van der Waals surface area contributed by atoms with Gasteiger partial charge in [-0.15, -0.1) is 0 Å². The van der Waals surface area contributed by atoms with Crippen molar-refractivity contribution < 1.29 is 18.3 Å². The fourth-order valence-electron chi connectivity index (χ4n) is 2.73. The summed E-state index contributed by atoms with van der Waals surface area (Å²) < 4.78 is 28.4. The molecule has 1 saturated carbocycles. The number of nitrogens with one attached hydrogen (secondary N) is 1. The quantitative estimate of drug-likeness (QED) is 0.789. The van der Waals surface area contributed by atoms with Gasteiger partial charge >= 0.3 is 5.97 Å². The number of carbonyl (C=O) groups is 1. The molecule has 2 N–H and O–H groups in total. The van der Waals surface area contributed by atoms with Gasteiger partial charge in [0.2, 0.25) is 0 Å². The number of hydrogen-bond donors (Lipinski definition) is 2. The van der Waals surface area contributed by atoms with E-state index in [1.165, 1.54) is 11.4 Å². The van der Waals surface area contributed by atoms with E-state index in [0.717, 1.165) is 12.0 Å². The molecule has 1 aromatic rings. The minimum Gasteiger partial charge on any atom is -0.481 e. The van der Waals surface area contributed by atoms with Gasteiger partial charge in [0.1, 0.15) is 0 Å². The van der Waals surface area contributed by atoms with Gasteiger partial charge in [-0.25, -0.2) is 0 Å². The lowest BCUT2D eigenvalue weighted by Crippen LogP contribution is -2.46. The summed E-state index contributed by atoms with van der Waals surface area (Å²) in [7, 11) is -2.15. The van der Waals surface area contributed by atoms with Crippen molar-refractivity contribution in [3.05, 3.63) is 35.9 Å². The molecule has 0 radical (unpaired) electrons. The minimum absolute atomic E-state index is 0.351. The highest BCUT2D eigenvalue weighted by atomic mass is 32.2. The van der Waals surface area contributed by atoms with Crippen LogP contribution in [0, 0.1) is 5.92 Å². The van der Waals surface area contributed by atoms with Gasteiger partial charge in [-0.2, -0.15) is 17.4 Å². The first-order chi connectivity index (χ1) is 10.4. The Kier molecular flexibility index (Phi) is 5.55. The van der Waals surface area contributed by atoms with Crippen molar-refractivity contribution in [3.63, 3.8) is 0 Å². The van der Waals surface area contributed by atoms with Gasteiger partial charge in [0.25, 0.3) is 10.2 Å². The second-order valence-electron chi connectivity index (χ2n) is 5.66. The number of benzene rings is 1. The van der Waals surface area contributed by atoms with E-state index < -0.39 is 28.1 Å². The summed E-state index contributed by atoms with van der Waals surface area (Å²) in [5.41, 5.74) is 1.06. The highest BCUT2D eigenvalue weighted by Gasteiger charge is 2.36. The minimum atomic E-state index is -3.66. The molecule has 0 bridgehead atoms. The van der Waals surface area contributed by atoms with Crippen LogP contribution in [0.2, 0.25) is 0 Å². The van der Waals surface area contributed by atoms with Gasteiger partial charge in [0, 0.05) is 19.6 Å². The maximum atomic E-state index is 12.3. The van der Waals surface area contributed by atoms with Crippen molar-refractivity contribution in [2.45, 2.75) is 31.7 Å². The Bertz CT molecular complexity index is 603. The molecule has 1 fully saturated rings. The molecule has 122 valence electrons. The van der Waals surface area contributed by atoms with E-state index in [0.29, 0.717) is 25.8 Å². The number of carboxylic acid groups (broad SMARTS) is 1. The van der Waals surface area contributed by atoms with Crippen molar-refractivity contribution in [2.75, 3.05) is 13.6 Å². The van der Waals surface area contributed by atoms with Crippen LogP contribution < -0.4 is 4.72 Å². The topological polar surface area (TPSA) is 86.7 Å². The Hall–Kier alpha value is -1.44. The number of aliphatic carboxylic acids is 1. The van der Waals surface area contributed by atoms with Crippen LogP contribution >= 0.6 is 0 Å². The number of carboxylic acids is 1. The molecule has 1 aliphatic carbocycles. The van der Waals surface area contributed by atoms with Crippen LogP contribution in [0.1, 0.15) is 24.8 Å². The van der Waals surface area contributed by atoms with Crippen LogP contribution in [0.5, 0.6) is 0 Å². The summed E-state index contributed by atoms with van der Waals surface area (Å²) >= 11 is 0. The predicted molar refractivity (Wildman–Crippen MR) is 83.6 cm³/mol. The first-order valence-corrected chi connectivity index (χ1v) is 8.84. The lowest BCUT2D eigenvalue weighted by atomic mass is 10.1. The van der Waals surface area contributed by atoms with E-state index in [4.69, 9.17) is 5.11 Å². The number of hydrogen-bond acceptors (Lipinski definition) is 3. The van der Waals surface area contributed by atoms with E-state index in [2.05, 4.69) is 4.72 Å². The molecule has 6 nitrogen and oxygen atoms in total.